The van der Waals surface area contributed by atoms with Crippen molar-refractivity contribution in [2.75, 3.05) is 12.4 Å². The number of fused-ring (bicyclic) bond motifs is 2. The predicted molar refractivity (Wildman–Crippen MR) is 126 cm³/mol. The molecule has 0 aliphatic carbocycles. The first-order chi connectivity index (χ1) is 13.9. The highest BCUT2D eigenvalue weighted by Crippen LogP contribution is 2.29. The number of hydrogen-bond donors (Lipinski definition) is 2. The molecule has 29 heavy (non-hydrogen) atoms. The number of hydrogen-bond acceptors (Lipinski definition) is 2. The Morgan fingerprint density at radius 3 is 2.55 bits per heavy atom. The van der Waals surface area contributed by atoms with Crippen molar-refractivity contribution in [3.8, 4) is 0 Å². The second-order valence-corrected chi connectivity index (χ2v) is 7.97. The van der Waals surface area contributed by atoms with E-state index in [0.717, 1.165) is 16.5 Å². The number of H-pyrrole nitrogens is 1. The Bertz CT molecular complexity index is 1300. The van der Waals surface area contributed by atoms with E-state index in [2.05, 4.69) is 22.4 Å². The molecule has 146 valence electrons. The van der Waals surface area contributed by atoms with Crippen molar-refractivity contribution in [3.63, 3.8) is 0 Å². The molecule has 1 heterocycles. The van der Waals surface area contributed by atoms with E-state index >= 15 is 0 Å². The quantitative estimate of drug-likeness (QED) is 0.393. The number of nitrogens with zero attached hydrogens (tertiary/aromatic N) is 1. The summed E-state index contributed by atoms with van der Waals surface area (Å²) in [5, 5.41) is 7.61. The van der Waals surface area contributed by atoms with Crippen molar-refractivity contribution < 1.29 is 0 Å². The molecule has 0 saturated heterocycles. The number of anilines is 1. The Morgan fingerprint density at radius 1 is 1.03 bits per heavy atom. The molecule has 0 aliphatic rings. The average molecular weight is 442 g/mol. The summed E-state index contributed by atoms with van der Waals surface area (Å²) in [5.74, 6) is 0. The van der Waals surface area contributed by atoms with Crippen molar-refractivity contribution in [2.45, 2.75) is 6.54 Å². The van der Waals surface area contributed by atoms with Gasteiger partial charge < -0.3 is 15.2 Å². The highest BCUT2D eigenvalue weighted by atomic mass is 35.5. The summed E-state index contributed by atoms with van der Waals surface area (Å²) < 4.78 is 0. The molecule has 3 aromatic carbocycles. The van der Waals surface area contributed by atoms with Crippen molar-refractivity contribution in [1.82, 2.24) is 9.88 Å². The van der Waals surface area contributed by atoms with E-state index < -0.39 is 0 Å². The first kappa shape index (κ1) is 19.7. The largest absolute Gasteiger partial charge is 0.348 e. The first-order valence-electron chi connectivity index (χ1n) is 8.93. The highest BCUT2D eigenvalue weighted by Gasteiger charge is 2.12. The number of pyridine rings is 1. The van der Waals surface area contributed by atoms with Crippen LogP contribution < -0.4 is 10.9 Å². The molecule has 0 aliphatic heterocycles. The molecule has 0 spiro atoms. The molecule has 0 bridgehead atoms. The van der Waals surface area contributed by atoms with Crippen molar-refractivity contribution in [2.24, 2.45) is 0 Å². The minimum atomic E-state index is -0.220. The summed E-state index contributed by atoms with van der Waals surface area (Å²) in [6.45, 7) is 0.352. The van der Waals surface area contributed by atoms with E-state index in [-0.39, 0.29) is 5.56 Å². The summed E-state index contributed by atoms with van der Waals surface area (Å²) in [6.07, 6.45) is 0. The molecule has 2 N–H and O–H groups in total. The third-order valence-electron chi connectivity index (χ3n) is 4.74. The number of benzene rings is 3. The zero-order chi connectivity index (χ0) is 20.5. The average Bonchev–Trinajstić information content (AvgIpc) is 2.72. The second kappa shape index (κ2) is 8.03. The van der Waals surface area contributed by atoms with Gasteiger partial charge >= 0.3 is 0 Å². The minimum absolute atomic E-state index is 0.220. The lowest BCUT2D eigenvalue weighted by atomic mass is 10.1. The Morgan fingerprint density at radius 2 is 1.76 bits per heavy atom. The van der Waals surface area contributed by atoms with Crippen LogP contribution in [-0.4, -0.2) is 22.0 Å². The highest BCUT2D eigenvalue weighted by molar-refractivity contribution is 7.80. The van der Waals surface area contributed by atoms with E-state index in [4.69, 9.17) is 35.4 Å². The monoisotopic (exact) mass is 441 g/mol. The maximum Gasteiger partial charge on any atom is 0.253 e. The Hall–Kier alpha value is -2.60. The van der Waals surface area contributed by atoms with Gasteiger partial charge in [0, 0.05) is 23.7 Å². The fourth-order valence-corrected chi connectivity index (χ4v) is 3.75. The van der Waals surface area contributed by atoms with E-state index in [1.165, 1.54) is 5.39 Å². The number of nitrogens with one attached hydrogen (secondary N) is 2. The van der Waals surface area contributed by atoms with Gasteiger partial charge in [-0.3, -0.25) is 4.79 Å². The summed E-state index contributed by atoms with van der Waals surface area (Å²) >= 11 is 17.7. The van der Waals surface area contributed by atoms with E-state index in [1.807, 2.05) is 54.4 Å². The zero-order valence-corrected chi connectivity index (χ0v) is 17.8. The SMILES string of the molecule is CN(Cc1cc2ccc(Cl)c(Cl)c2[nH]c1=O)C(=S)Nc1ccc2ccccc2c1. The molecule has 1 aromatic heterocycles. The van der Waals surface area contributed by atoms with Gasteiger partial charge in [-0.15, -0.1) is 0 Å². The zero-order valence-electron chi connectivity index (χ0n) is 15.5. The third-order valence-corrected chi connectivity index (χ3v) is 5.96. The molecule has 0 amide bonds. The molecular formula is C22H17Cl2N3OS. The van der Waals surface area contributed by atoms with Crippen LogP contribution in [-0.2, 0) is 6.54 Å². The van der Waals surface area contributed by atoms with Crippen LogP contribution in [0.3, 0.4) is 0 Å². The van der Waals surface area contributed by atoms with Crippen LogP contribution in [0.1, 0.15) is 5.56 Å². The Balaban J connectivity index is 1.54. The van der Waals surface area contributed by atoms with E-state index in [0.29, 0.717) is 32.8 Å². The van der Waals surface area contributed by atoms with Crippen molar-refractivity contribution in [3.05, 3.63) is 86.6 Å². The van der Waals surface area contributed by atoms with Crippen LogP contribution in [0.15, 0.2) is 65.5 Å². The van der Waals surface area contributed by atoms with Gasteiger partial charge in [0.25, 0.3) is 5.56 Å². The van der Waals surface area contributed by atoms with Crippen LogP contribution in [0.25, 0.3) is 21.7 Å². The van der Waals surface area contributed by atoms with Gasteiger partial charge in [0.15, 0.2) is 5.11 Å². The molecule has 0 radical (unpaired) electrons. The van der Waals surface area contributed by atoms with Gasteiger partial charge in [-0.05, 0) is 47.3 Å². The minimum Gasteiger partial charge on any atom is -0.348 e. The molecule has 0 atom stereocenters. The molecule has 4 nitrogen and oxygen atoms in total. The van der Waals surface area contributed by atoms with Gasteiger partial charge in [-0.2, -0.15) is 0 Å². The van der Waals surface area contributed by atoms with E-state index in [1.54, 1.807) is 6.07 Å². The smallest absolute Gasteiger partial charge is 0.253 e. The molecular weight excluding hydrogens is 425 g/mol. The molecule has 4 aromatic rings. The Labute approximate surface area is 183 Å². The van der Waals surface area contributed by atoms with Crippen LogP contribution in [0.5, 0.6) is 0 Å². The van der Waals surface area contributed by atoms with Gasteiger partial charge in [0.2, 0.25) is 0 Å². The number of halogens is 2. The maximum absolute atomic E-state index is 12.5. The molecule has 0 fully saturated rings. The molecule has 0 unspecified atom stereocenters. The fourth-order valence-electron chi connectivity index (χ4n) is 3.19. The van der Waals surface area contributed by atoms with Gasteiger partial charge in [0.05, 0.1) is 22.1 Å². The lowest BCUT2D eigenvalue weighted by Crippen LogP contribution is -2.32. The standard InChI is InChI=1S/C22H17Cl2N3OS/c1-27(22(29)25-17-8-6-13-4-2-3-5-14(13)11-17)12-16-10-15-7-9-18(23)19(24)20(15)26-21(16)28/h2-11H,12H2,1H3,(H,25,29)(H,26,28). The van der Waals surface area contributed by atoms with Crippen molar-refractivity contribution >= 4 is 67.9 Å². The Kier molecular flexibility index (Phi) is 5.46. The topological polar surface area (TPSA) is 48.1 Å². The van der Waals surface area contributed by atoms with Crippen LogP contribution in [0.2, 0.25) is 10.0 Å². The van der Waals surface area contributed by atoms with Gasteiger partial charge in [-0.1, -0.05) is 59.6 Å². The van der Waals surface area contributed by atoms with Crippen LogP contribution in [0.4, 0.5) is 5.69 Å². The third kappa shape index (κ3) is 4.08. The summed E-state index contributed by atoms with van der Waals surface area (Å²) in [7, 11) is 1.84. The lowest BCUT2D eigenvalue weighted by Gasteiger charge is -2.21. The molecule has 4 rings (SSSR count). The maximum atomic E-state index is 12.5. The predicted octanol–water partition coefficient (Wildman–Crippen LogP) is 5.82. The number of rotatable bonds is 3. The molecule has 0 saturated carbocycles. The van der Waals surface area contributed by atoms with Gasteiger partial charge in [0.1, 0.15) is 0 Å². The normalized spacial score (nSPS) is 11.0. The summed E-state index contributed by atoms with van der Waals surface area (Å²) in [5.41, 5.74) is 1.80. The molecule has 7 heteroatoms. The van der Waals surface area contributed by atoms with Crippen LogP contribution >= 0.6 is 35.4 Å². The number of aromatic nitrogens is 1. The van der Waals surface area contributed by atoms with Crippen LogP contribution in [0, 0.1) is 0 Å². The second-order valence-electron chi connectivity index (χ2n) is 6.80. The van der Waals surface area contributed by atoms with Gasteiger partial charge in [-0.25, -0.2) is 0 Å². The first-order valence-corrected chi connectivity index (χ1v) is 10.1. The van der Waals surface area contributed by atoms with E-state index in [9.17, 15) is 4.79 Å². The number of aromatic amines is 1. The summed E-state index contributed by atoms with van der Waals surface area (Å²) in [6, 6.07) is 19.6. The fraction of sp³-hybridized carbons (Fsp3) is 0.0909. The summed E-state index contributed by atoms with van der Waals surface area (Å²) in [4.78, 5) is 17.1. The number of thiocarbonyl (C=S) groups is 1. The van der Waals surface area contributed by atoms with Crippen molar-refractivity contribution in [1.29, 1.82) is 0 Å². The lowest BCUT2D eigenvalue weighted by molar-refractivity contribution is 0.506.